The van der Waals surface area contributed by atoms with Crippen LogP contribution in [0.1, 0.15) is 26.2 Å². The Morgan fingerprint density at radius 2 is 2.09 bits per heavy atom. The molecule has 0 heterocycles. The van der Waals surface area contributed by atoms with Gasteiger partial charge in [-0.1, -0.05) is 6.92 Å². The topological polar surface area (TPSA) is 0 Å². The van der Waals surface area contributed by atoms with Crippen molar-refractivity contribution in [2.24, 2.45) is 0 Å². The molecule has 0 radical (unpaired) electrons. The number of rotatable bonds is 6. The van der Waals surface area contributed by atoms with Crippen molar-refractivity contribution < 1.29 is 8.78 Å². The molecule has 0 fully saturated rings. The third-order valence-electron chi connectivity index (χ3n) is 1.25. The molecule has 0 spiro atoms. The molecule has 11 heavy (non-hydrogen) atoms. The number of unbranched alkanes of at least 4 members (excludes halogenated alkanes) is 2. The van der Waals surface area contributed by atoms with E-state index in [2.05, 4.69) is 6.92 Å². The van der Waals surface area contributed by atoms with Crippen LogP contribution < -0.4 is 0 Å². The van der Waals surface area contributed by atoms with E-state index < -0.39 is 6.08 Å². The summed E-state index contributed by atoms with van der Waals surface area (Å²) in [5, 5.41) is 0. The summed E-state index contributed by atoms with van der Waals surface area (Å²) in [6, 6.07) is 0. The van der Waals surface area contributed by atoms with Gasteiger partial charge in [-0.3, -0.25) is 0 Å². The average molecular weight is 180 g/mol. The zero-order valence-electron chi connectivity index (χ0n) is 6.78. The van der Waals surface area contributed by atoms with Gasteiger partial charge in [0.2, 0.25) is 0 Å². The Labute approximate surface area is 71.1 Å². The van der Waals surface area contributed by atoms with Gasteiger partial charge < -0.3 is 0 Å². The predicted molar refractivity (Wildman–Crippen MR) is 47.1 cm³/mol. The van der Waals surface area contributed by atoms with Crippen molar-refractivity contribution in [3.63, 3.8) is 0 Å². The molecule has 0 saturated carbocycles. The van der Waals surface area contributed by atoms with E-state index in [4.69, 9.17) is 0 Å². The monoisotopic (exact) mass is 180 g/mol. The fourth-order valence-corrected chi connectivity index (χ4v) is 1.40. The lowest BCUT2D eigenvalue weighted by Crippen LogP contribution is -1.80. The minimum atomic E-state index is -1.55. The lowest BCUT2D eigenvalue weighted by Gasteiger charge is -1.95. The third-order valence-corrected chi connectivity index (χ3v) is 2.23. The van der Waals surface area contributed by atoms with E-state index in [1.54, 1.807) is 0 Å². The number of allylic oxidation sites excluding steroid dienone is 1. The molecule has 0 amide bonds. The summed E-state index contributed by atoms with van der Waals surface area (Å²) < 4.78 is 22.9. The Morgan fingerprint density at radius 1 is 1.36 bits per heavy atom. The van der Waals surface area contributed by atoms with Gasteiger partial charge in [-0.25, -0.2) is 0 Å². The van der Waals surface area contributed by atoms with Crippen molar-refractivity contribution in [1.29, 1.82) is 0 Å². The predicted octanol–water partition coefficient (Wildman–Crippen LogP) is 3.69. The van der Waals surface area contributed by atoms with Crippen molar-refractivity contribution in [3.8, 4) is 0 Å². The largest absolute Gasteiger partial charge is 0.266 e. The molecule has 0 bridgehead atoms. The first kappa shape index (κ1) is 11.0. The van der Waals surface area contributed by atoms with Crippen LogP contribution in [0.25, 0.3) is 0 Å². The van der Waals surface area contributed by atoms with E-state index in [0.29, 0.717) is 6.42 Å². The van der Waals surface area contributed by atoms with Gasteiger partial charge in [0.15, 0.2) is 0 Å². The highest BCUT2D eigenvalue weighted by atomic mass is 32.2. The van der Waals surface area contributed by atoms with E-state index in [1.807, 2.05) is 11.8 Å². The first-order valence-electron chi connectivity index (χ1n) is 3.86. The smallest absolute Gasteiger partial charge is 0.174 e. The zero-order chi connectivity index (χ0) is 8.53. The van der Waals surface area contributed by atoms with E-state index in [-0.39, 0.29) is 0 Å². The van der Waals surface area contributed by atoms with Crippen molar-refractivity contribution >= 4 is 11.8 Å². The summed E-state index contributed by atoms with van der Waals surface area (Å²) >= 11 is 1.86. The molecule has 0 saturated heterocycles. The highest BCUT2D eigenvalue weighted by Gasteiger charge is 1.89. The fourth-order valence-electron chi connectivity index (χ4n) is 0.704. The second-order valence-corrected chi connectivity index (χ2v) is 3.58. The molecule has 0 aromatic carbocycles. The van der Waals surface area contributed by atoms with Gasteiger partial charge in [0.1, 0.15) is 0 Å². The average Bonchev–Trinajstić information content (AvgIpc) is 1.96. The molecule has 0 aliphatic heterocycles. The number of halogens is 2. The summed E-state index contributed by atoms with van der Waals surface area (Å²) in [6.07, 6.45) is 1.89. The van der Waals surface area contributed by atoms with Crippen LogP contribution in [-0.4, -0.2) is 11.5 Å². The SMILES string of the molecule is CCSCCCCC=C(F)F. The van der Waals surface area contributed by atoms with Crippen molar-refractivity contribution in [2.45, 2.75) is 26.2 Å². The molecule has 0 N–H and O–H groups in total. The van der Waals surface area contributed by atoms with Crippen LogP contribution in [-0.2, 0) is 0 Å². The first-order chi connectivity index (χ1) is 5.27. The molecule has 0 atom stereocenters. The summed E-state index contributed by atoms with van der Waals surface area (Å²) in [5.41, 5.74) is 0. The molecule has 0 unspecified atom stereocenters. The van der Waals surface area contributed by atoms with Crippen LogP contribution in [0.2, 0.25) is 0 Å². The molecule has 0 aromatic heterocycles. The van der Waals surface area contributed by atoms with Crippen molar-refractivity contribution in [2.75, 3.05) is 11.5 Å². The zero-order valence-corrected chi connectivity index (χ0v) is 7.59. The van der Waals surface area contributed by atoms with Crippen LogP contribution in [0.3, 0.4) is 0 Å². The van der Waals surface area contributed by atoms with Crippen LogP contribution in [0.15, 0.2) is 12.2 Å². The Balaban J connectivity index is 2.97. The third kappa shape index (κ3) is 9.95. The summed E-state index contributed by atoms with van der Waals surface area (Å²) in [5.74, 6) is 2.21. The van der Waals surface area contributed by atoms with E-state index in [9.17, 15) is 8.78 Å². The Morgan fingerprint density at radius 3 is 2.64 bits per heavy atom. The highest BCUT2D eigenvalue weighted by Crippen LogP contribution is 2.07. The number of thioether (sulfide) groups is 1. The Hall–Kier alpha value is -0.0500. The van der Waals surface area contributed by atoms with Gasteiger partial charge in [0, 0.05) is 0 Å². The van der Waals surface area contributed by atoms with Gasteiger partial charge >= 0.3 is 0 Å². The van der Waals surface area contributed by atoms with Crippen LogP contribution in [0, 0.1) is 0 Å². The van der Waals surface area contributed by atoms with Crippen LogP contribution >= 0.6 is 11.8 Å². The lowest BCUT2D eigenvalue weighted by molar-refractivity contribution is 0.417. The first-order valence-corrected chi connectivity index (χ1v) is 5.01. The van der Waals surface area contributed by atoms with Gasteiger partial charge in [-0.2, -0.15) is 20.5 Å². The second-order valence-electron chi connectivity index (χ2n) is 2.19. The van der Waals surface area contributed by atoms with E-state index in [1.165, 1.54) is 0 Å². The maximum Gasteiger partial charge on any atom is 0.266 e. The molecule has 0 rings (SSSR count). The lowest BCUT2D eigenvalue weighted by atomic mass is 10.2. The number of hydrogen-bond donors (Lipinski definition) is 0. The molecule has 0 aliphatic rings. The van der Waals surface area contributed by atoms with Gasteiger partial charge in [0.05, 0.1) is 0 Å². The molecule has 0 aromatic rings. The van der Waals surface area contributed by atoms with Gasteiger partial charge in [-0.05, 0) is 36.8 Å². The number of hydrogen-bond acceptors (Lipinski definition) is 1. The van der Waals surface area contributed by atoms with Crippen LogP contribution in [0.5, 0.6) is 0 Å². The fraction of sp³-hybridized carbons (Fsp3) is 0.750. The van der Waals surface area contributed by atoms with Crippen molar-refractivity contribution in [1.82, 2.24) is 0 Å². The van der Waals surface area contributed by atoms with Crippen LogP contribution in [0.4, 0.5) is 8.78 Å². The van der Waals surface area contributed by atoms with E-state index >= 15 is 0 Å². The second kappa shape index (κ2) is 8.05. The minimum Gasteiger partial charge on any atom is -0.174 e. The minimum absolute atomic E-state index is 0.520. The molecule has 0 nitrogen and oxygen atoms in total. The maximum absolute atomic E-state index is 11.5. The van der Waals surface area contributed by atoms with Gasteiger partial charge in [-0.15, -0.1) is 0 Å². The molecule has 0 aliphatic carbocycles. The Kier molecular flexibility index (Phi) is 8.01. The molecule has 66 valence electrons. The quantitative estimate of drug-likeness (QED) is 0.562. The maximum atomic E-state index is 11.5. The molecule has 3 heteroatoms. The summed E-state index contributed by atoms with van der Waals surface area (Å²) in [6.45, 7) is 2.10. The highest BCUT2D eigenvalue weighted by molar-refractivity contribution is 7.99. The molecular formula is C8H14F2S. The standard InChI is InChI=1S/C8H14F2S/c1-2-11-7-5-3-4-6-8(9)10/h6H,2-5,7H2,1H3. The Bertz CT molecular complexity index is 109. The summed E-state index contributed by atoms with van der Waals surface area (Å²) in [4.78, 5) is 0. The summed E-state index contributed by atoms with van der Waals surface area (Å²) in [7, 11) is 0. The van der Waals surface area contributed by atoms with E-state index in [0.717, 1.165) is 30.4 Å². The van der Waals surface area contributed by atoms with Gasteiger partial charge in [0.25, 0.3) is 6.08 Å². The van der Waals surface area contributed by atoms with Crippen molar-refractivity contribution in [3.05, 3.63) is 12.2 Å². The molecular weight excluding hydrogens is 166 g/mol. The normalized spacial score (nSPS) is 9.73.